The molecule has 0 spiro atoms. The molecule has 1 saturated heterocycles. The van der Waals surface area contributed by atoms with E-state index in [0.29, 0.717) is 0 Å². The number of nitrogens with zero attached hydrogens (tertiary/aromatic N) is 2. The third-order valence-electron chi connectivity index (χ3n) is 4.40. The molecule has 0 saturated carbocycles. The predicted octanol–water partition coefficient (Wildman–Crippen LogP) is 1.70. The Balaban J connectivity index is 1.88. The van der Waals surface area contributed by atoms with Crippen LogP contribution in [0, 0.1) is 5.92 Å². The van der Waals surface area contributed by atoms with Gasteiger partial charge in [-0.25, -0.2) is 0 Å². The summed E-state index contributed by atoms with van der Waals surface area (Å²) in [4.78, 5) is 16.6. The fraction of sp³-hybridized carbons (Fsp3) is 0.588. The molecule has 0 bridgehead atoms. The summed E-state index contributed by atoms with van der Waals surface area (Å²) >= 11 is 0. The Morgan fingerprint density at radius 2 is 2.05 bits per heavy atom. The zero-order valence-electron chi connectivity index (χ0n) is 13.3. The van der Waals surface area contributed by atoms with Crippen LogP contribution in [0.1, 0.15) is 25.8 Å². The van der Waals surface area contributed by atoms with Gasteiger partial charge >= 0.3 is 0 Å². The van der Waals surface area contributed by atoms with E-state index in [1.807, 2.05) is 31.9 Å². The normalized spacial score (nSPS) is 20.7. The standard InChI is InChI=1S/C17H27N3O/c1-13(2)16(18)17(21)19(3)15-9-10-20(12-15)11-14-7-5-4-6-8-14/h4-8,13,15-16H,9-12,18H2,1-3H3/t15-,16?/m0/s1. The van der Waals surface area contributed by atoms with Crippen molar-refractivity contribution in [3.8, 4) is 0 Å². The summed E-state index contributed by atoms with van der Waals surface area (Å²) in [6.07, 6.45) is 1.03. The van der Waals surface area contributed by atoms with Crippen molar-refractivity contribution in [3.05, 3.63) is 35.9 Å². The van der Waals surface area contributed by atoms with Crippen molar-refractivity contribution in [3.63, 3.8) is 0 Å². The first-order chi connectivity index (χ1) is 9.99. The molecule has 0 aromatic heterocycles. The second kappa shape index (κ2) is 7.05. The Morgan fingerprint density at radius 1 is 1.38 bits per heavy atom. The fourth-order valence-electron chi connectivity index (χ4n) is 2.81. The molecule has 1 aliphatic rings. The number of rotatable bonds is 5. The van der Waals surface area contributed by atoms with Crippen molar-refractivity contribution in [1.29, 1.82) is 0 Å². The lowest BCUT2D eigenvalue weighted by Crippen LogP contribution is -2.49. The van der Waals surface area contributed by atoms with Gasteiger partial charge in [-0.05, 0) is 17.9 Å². The van der Waals surface area contributed by atoms with Gasteiger partial charge in [0.15, 0.2) is 0 Å². The zero-order chi connectivity index (χ0) is 15.4. The smallest absolute Gasteiger partial charge is 0.239 e. The Hall–Kier alpha value is -1.39. The molecular weight excluding hydrogens is 262 g/mol. The van der Waals surface area contributed by atoms with Gasteiger partial charge in [0.25, 0.3) is 0 Å². The van der Waals surface area contributed by atoms with E-state index in [4.69, 9.17) is 5.73 Å². The Morgan fingerprint density at radius 3 is 2.67 bits per heavy atom. The van der Waals surface area contributed by atoms with Crippen molar-refractivity contribution in [2.45, 2.75) is 38.9 Å². The number of nitrogens with two attached hydrogens (primary N) is 1. The van der Waals surface area contributed by atoms with Crippen LogP contribution in [-0.4, -0.2) is 47.9 Å². The van der Waals surface area contributed by atoms with Crippen molar-refractivity contribution in [2.75, 3.05) is 20.1 Å². The molecule has 1 heterocycles. The highest BCUT2D eigenvalue weighted by atomic mass is 16.2. The second-order valence-corrected chi connectivity index (χ2v) is 6.38. The fourth-order valence-corrected chi connectivity index (χ4v) is 2.81. The average molecular weight is 289 g/mol. The second-order valence-electron chi connectivity index (χ2n) is 6.38. The SMILES string of the molecule is CC(C)C(N)C(=O)N(C)[C@H]1CCN(Cc2ccccc2)C1. The maximum Gasteiger partial charge on any atom is 0.239 e. The summed E-state index contributed by atoms with van der Waals surface area (Å²) in [6.45, 7) is 6.91. The first kappa shape index (κ1) is 16.0. The van der Waals surface area contributed by atoms with Crippen LogP contribution < -0.4 is 5.73 Å². The number of hydrogen-bond acceptors (Lipinski definition) is 3. The minimum Gasteiger partial charge on any atom is -0.340 e. The third-order valence-corrected chi connectivity index (χ3v) is 4.40. The molecule has 2 N–H and O–H groups in total. The summed E-state index contributed by atoms with van der Waals surface area (Å²) in [5, 5.41) is 0. The van der Waals surface area contributed by atoms with E-state index in [1.54, 1.807) is 0 Å². The lowest BCUT2D eigenvalue weighted by molar-refractivity contribution is -0.134. The van der Waals surface area contributed by atoms with Gasteiger partial charge in [0.1, 0.15) is 0 Å². The van der Waals surface area contributed by atoms with Gasteiger partial charge in [-0.2, -0.15) is 0 Å². The highest BCUT2D eigenvalue weighted by molar-refractivity contribution is 5.82. The van der Waals surface area contributed by atoms with Crippen LogP contribution in [0.25, 0.3) is 0 Å². The first-order valence-corrected chi connectivity index (χ1v) is 7.77. The van der Waals surface area contributed by atoms with E-state index >= 15 is 0 Å². The van der Waals surface area contributed by atoms with Crippen molar-refractivity contribution in [1.82, 2.24) is 9.80 Å². The molecule has 116 valence electrons. The molecule has 1 aliphatic heterocycles. The molecule has 1 fully saturated rings. The highest BCUT2D eigenvalue weighted by Gasteiger charge is 2.31. The number of amides is 1. The van der Waals surface area contributed by atoms with Gasteiger partial charge in [-0.1, -0.05) is 44.2 Å². The molecule has 2 rings (SSSR count). The summed E-state index contributed by atoms with van der Waals surface area (Å²) in [5.41, 5.74) is 7.31. The van der Waals surface area contributed by atoms with E-state index in [9.17, 15) is 4.79 Å². The highest BCUT2D eigenvalue weighted by Crippen LogP contribution is 2.18. The first-order valence-electron chi connectivity index (χ1n) is 7.77. The molecule has 1 unspecified atom stereocenters. The average Bonchev–Trinajstić information content (AvgIpc) is 2.94. The van der Waals surface area contributed by atoms with Gasteiger partial charge in [0.05, 0.1) is 6.04 Å². The Labute approximate surface area is 127 Å². The van der Waals surface area contributed by atoms with Crippen LogP contribution in [0.5, 0.6) is 0 Å². The molecule has 1 aromatic carbocycles. The quantitative estimate of drug-likeness (QED) is 0.897. The molecule has 1 amide bonds. The van der Waals surface area contributed by atoms with Gasteiger partial charge in [-0.3, -0.25) is 9.69 Å². The van der Waals surface area contributed by atoms with Crippen LogP contribution in [0.15, 0.2) is 30.3 Å². The van der Waals surface area contributed by atoms with Gasteiger partial charge < -0.3 is 10.6 Å². The minimum atomic E-state index is -0.391. The Kier molecular flexibility index (Phi) is 5.37. The largest absolute Gasteiger partial charge is 0.340 e. The lowest BCUT2D eigenvalue weighted by atomic mass is 10.0. The van der Waals surface area contributed by atoms with Crippen LogP contribution in [-0.2, 0) is 11.3 Å². The molecule has 0 radical (unpaired) electrons. The van der Waals surface area contributed by atoms with Gasteiger partial charge in [0, 0.05) is 32.7 Å². The van der Waals surface area contributed by atoms with E-state index in [2.05, 4.69) is 29.2 Å². The van der Waals surface area contributed by atoms with Crippen molar-refractivity contribution < 1.29 is 4.79 Å². The third kappa shape index (κ3) is 4.05. The monoisotopic (exact) mass is 289 g/mol. The molecule has 2 atom stereocenters. The summed E-state index contributed by atoms with van der Waals surface area (Å²) in [6, 6.07) is 10.4. The Bertz CT molecular complexity index is 460. The van der Waals surface area contributed by atoms with Crippen molar-refractivity contribution >= 4 is 5.91 Å². The summed E-state index contributed by atoms with van der Waals surface area (Å²) < 4.78 is 0. The molecule has 4 nitrogen and oxygen atoms in total. The van der Waals surface area contributed by atoms with Crippen molar-refractivity contribution in [2.24, 2.45) is 11.7 Å². The van der Waals surface area contributed by atoms with Gasteiger partial charge in [0.2, 0.25) is 5.91 Å². The molecule has 21 heavy (non-hydrogen) atoms. The summed E-state index contributed by atoms with van der Waals surface area (Å²) in [5.74, 6) is 0.248. The lowest BCUT2D eigenvalue weighted by Gasteiger charge is -2.29. The maximum atomic E-state index is 12.3. The van der Waals surface area contributed by atoms with Crippen LogP contribution in [0.4, 0.5) is 0 Å². The van der Waals surface area contributed by atoms with E-state index in [-0.39, 0.29) is 17.9 Å². The topological polar surface area (TPSA) is 49.6 Å². The number of hydrogen-bond donors (Lipinski definition) is 1. The van der Waals surface area contributed by atoms with Crippen LogP contribution in [0.2, 0.25) is 0 Å². The number of likely N-dealkylation sites (N-methyl/N-ethyl adjacent to an activating group) is 1. The zero-order valence-corrected chi connectivity index (χ0v) is 13.3. The van der Waals surface area contributed by atoms with Crippen LogP contribution in [0.3, 0.4) is 0 Å². The van der Waals surface area contributed by atoms with E-state index < -0.39 is 6.04 Å². The number of likely N-dealkylation sites (tertiary alicyclic amines) is 1. The van der Waals surface area contributed by atoms with E-state index in [0.717, 1.165) is 26.1 Å². The predicted molar refractivity (Wildman–Crippen MR) is 85.7 cm³/mol. The van der Waals surface area contributed by atoms with E-state index in [1.165, 1.54) is 5.56 Å². The molecule has 4 heteroatoms. The molecule has 1 aromatic rings. The number of benzene rings is 1. The molecule has 0 aliphatic carbocycles. The minimum absolute atomic E-state index is 0.0663. The summed E-state index contributed by atoms with van der Waals surface area (Å²) in [7, 11) is 1.89. The number of carbonyl (C=O) groups is 1. The van der Waals surface area contributed by atoms with Gasteiger partial charge in [-0.15, -0.1) is 0 Å². The van der Waals surface area contributed by atoms with Crippen LogP contribution >= 0.6 is 0 Å². The number of carbonyl (C=O) groups excluding carboxylic acids is 1. The maximum absolute atomic E-state index is 12.3. The molecular formula is C17H27N3O.